The highest BCUT2D eigenvalue weighted by atomic mass is 16.3. The van der Waals surface area contributed by atoms with Crippen LogP contribution in [0.2, 0.25) is 0 Å². The van der Waals surface area contributed by atoms with E-state index in [0.717, 1.165) is 11.5 Å². The fourth-order valence-corrected chi connectivity index (χ4v) is 1.34. The maximum Gasteiger partial charge on any atom is 0.127 e. The van der Waals surface area contributed by atoms with Crippen LogP contribution in [0.4, 0.5) is 5.82 Å². The molecule has 2 aromatic rings. The lowest BCUT2D eigenvalue weighted by molar-refractivity contribution is 0.519. The van der Waals surface area contributed by atoms with Gasteiger partial charge in [-0.2, -0.15) is 0 Å². The van der Waals surface area contributed by atoms with Crippen LogP contribution in [0.15, 0.2) is 28.9 Å². The van der Waals surface area contributed by atoms with E-state index in [1.165, 1.54) is 0 Å². The fraction of sp³-hybridized carbons (Fsp3) is 0.200. The Morgan fingerprint density at radius 1 is 1.43 bits per heavy atom. The molecule has 0 bridgehead atoms. The van der Waals surface area contributed by atoms with Gasteiger partial charge in [-0.15, -0.1) is 0 Å². The fourth-order valence-electron chi connectivity index (χ4n) is 1.34. The molecule has 0 aliphatic rings. The van der Waals surface area contributed by atoms with Gasteiger partial charge in [0.05, 0.1) is 12.0 Å². The van der Waals surface area contributed by atoms with Gasteiger partial charge in [0, 0.05) is 12.5 Å². The van der Waals surface area contributed by atoms with E-state index >= 15 is 0 Å². The van der Waals surface area contributed by atoms with Gasteiger partial charge in [-0.05, 0) is 19.1 Å². The van der Waals surface area contributed by atoms with Crippen molar-refractivity contribution in [2.45, 2.75) is 13.3 Å². The lowest BCUT2D eigenvalue weighted by atomic mass is 10.2. The van der Waals surface area contributed by atoms with Gasteiger partial charge in [0.2, 0.25) is 0 Å². The van der Waals surface area contributed by atoms with Crippen LogP contribution in [0.3, 0.4) is 0 Å². The highest BCUT2D eigenvalue weighted by Gasteiger charge is 2.02. The Balaban J connectivity index is 2.25. The highest BCUT2D eigenvalue weighted by Crippen LogP contribution is 2.09. The Hall–Kier alpha value is -1.84. The molecule has 0 atom stereocenters. The van der Waals surface area contributed by atoms with E-state index < -0.39 is 0 Å². The van der Waals surface area contributed by atoms with Gasteiger partial charge in [0.25, 0.3) is 0 Å². The van der Waals surface area contributed by atoms with E-state index in [1.54, 1.807) is 12.3 Å². The van der Waals surface area contributed by atoms with Crippen LogP contribution in [0.25, 0.3) is 0 Å². The molecular weight excluding hydrogens is 178 g/mol. The minimum Gasteiger partial charge on any atom is -0.469 e. The second-order valence-electron chi connectivity index (χ2n) is 3.09. The highest BCUT2D eigenvalue weighted by molar-refractivity contribution is 5.31. The lowest BCUT2D eigenvalue weighted by Crippen LogP contribution is -2.00. The first kappa shape index (κ1) is 8.74. The summed E-state index contributed by atoms with van der Waals surface area (Å²) in [7, 11) is 0. The van der Waals surface area contributed by atoms with Gasteiger partial charge < -0.3 is 10.2 Å². The molecule has 0 saturated carbocycles. The standard InChI is InChI=1S/C10H11N3O/c1-7-12-8(6-10(11)13-7)5-9-3-2-4-14-9/h2-4,6H,5H2,1H3,(H2,11,12,13). The molecule has 72 valence electrons. The van der Waals surface area contributed by atoms with Crippen LogP contribution in [-0.4, -0.2) is 9.97 Å². The Morgan fingerprint density at radius 2 is 2.29 bits per heavy atom. The molecule has 0 aliphatic heterocycles. The van der Waals surface area contributed by atoms with E-state index in [1.807, 2.05) is 19.1 Å². The van der Waals surface area contributed by atoms with Crippen molar-refractivity contribution in [2.24, 2.45) is 0 Å². The molecule has 0 aromatic carbocycles. The topological polar surface area (TPSA) is 64.9 Å². The predicted octanol–water partition coefficient (Wildman–Crippen LogP) is 1.55. The molecule has 2 N–H and O–H groups in total. The van der Waals surface area contributed by atoms with Gasteiger partial charge in [0.1, 0.15) is 17.4 Å². The van der Waals surface area contributed by atoms with Crippen molar-refractivity contribution in [1.29, 1.82) is 0 Å². The van der Waals surface area contributed by atoms with Crippen molar-refractivity contribution in [2.75, 3.05) is 5.73 Å². The summed E-state index contributed by atoms with van der Waals surface area (Å²) < 4.78 is 5.22. The number of aryl methyl sites for hydroxylation is 1. The number of nitrogen functional groups attached to an aromatic ring is 1. The van der Waals surface area contributed by atoms with E-state index in [9.17, 15) is 0 Å². The average molecular weight is 189 g/mol. The molecule has 2 heterocycles. The van der Waals surface area contributed by atoms with E-state index in [4.69, 9.17) is 10.2 Å². The average Bonchev–Trinajstić information content (AvgIpc) is 2.54. The van der Waals surface area contributed by atoms with Crippen molar-refractivity contribution in [1.82, 2.24) is 9.97 Å². The molecule has 0 aliphatic carbocycles. The first-order valence-electron chi connectivity index (χ1n) is 4.36. The summed E-state index contributed by atoms with van der Waals surface area (Å²) in [6, 6.07) is 5.52. The number of hydrogen-bond donors (Lipinski definition) is 1. The monoisotopic (exact) mass is 189 g/mol. The second kappa shape index (κ2) is 3.49. The number of rotatable bonds is 2. The van der Waals surface area contributed by atoms with Gasteiger partial charge in [-0.25, -0.2) is 9.97 Å². The second-order valence-corrected chi connectivity index (χ2v) is 3.09. The van der Waals surface area contributed by atoms with Gasteiger partial charge in [-0.1, -0.05) is 0 Å². The van der Waals surface area contributed by atoms with Crippen LogP contribution in [0.5, 0.6) is 0 Å². The smallest absolute Gasteiger partial charge is 0.127 e. The minimum atomic E-state index is 0.499. The van der Waals surface area contributed by atoms with Gasteiger partial charge in [0.15, 0.2) is 0 Å². The maximum atomic E-state index is 5.61. The Bertz CT molecular complexity index is 403. The van der Waals surface area contributed by atoms with Crippen molar-refractivity contribution >= 4 is 5.82 Å². The zero-order valence-corrected chi connectivity index (χ0v) is 7.90. The maximum absolute atomic E-state index is 5.61. The molecule has 0 fully saturated rings. The van der Waals surface area contributed by atoms with Crippen LogP contribution in [0.1, 0.15) is 17.3 Å². The molecule has 0 spiro atoms. The number of furan rings is 1. The molecule has 2 rings (SSSR count). The molecular formula is C10H11N3O. The number of hydrogen-bond acceptors (Lipinski definition) is 4. The molecule has 0 amide bonds. The number of nitrogens with zero attached hydrogens (tertiary/aromatic N) is 2. The summed E-state index contributed by atoms with van der Waals surface area (Å²) in [4.78, 5) is 8.26. The minimum absolute atomic E-state index is 0.499. The largest absolute Gasteiger partial charge is 0.469 e. The van der Waals surface area contributed by atoms with E-state index in [2.05, 4.69) is 9.97 Å². The van der Waals surface area contributed by atoms with Crippen LogP contribution < -0.4 is 5.73 Å². The Morgan fingerprint density at radius 3 is 2.93 bits per heavy atom. The predicted molar refractivity (Wildman–Crippen MR) is 52.7 cm³/mol. The molecule has 0 saturated heterocycles. The third-order valence-electron chi connectivity index (χ3n) is 1.85. The number of nitrogens with two attached hydrogens (primary N) is 1. The summed E-state index contributed by atoms with van der Waals surface area (Å²) in [6.07, 6.45) is 2.30. The number of aromatic nitrogens is 2. The zero-order valence-electron chi connectivity index (χ0n) is 7.90. The molecule has 2 aromatic heterocycles. The molecule has 4 heteroatoms. The Kier molecular flexibility index (Phi) is 2.18. The SMILES string of the molecule is Cc1nc(N)cc(Cc2ccco2)n1. The van der Waals surface area contributed by atoms with Crippen molar-refractivity contribution in [3.05, 3.63) is 41.7 Å². The summed E-state index contributed by atoms with van der Waals surface area (Å²) >= 11 is 0. The van der Waals surface area contributed by atoms with Crippen LogP contribution in [-0.2, 0) is 6.42 Å². The van der Waals surface area contributed by atoms with E-state index in [-0.39, 0.29) is 0 Å². The lowest BCUT2D eigenvalue weighted by Gasteiger charge is -2.00. The normalized spacial score (nSPS) is 10.4. The van der Waals surface area contributed by atoms with Crippen molar-refractivity contribution in [3.8, 4) is 0 Å². The van der Waals surface area contributed by atoms with Gasteiger partial charge in [-0.3, -0.25) is 0 Å². The van der Waals surface area contributed by atoms with E-state index in [0.29, 0.717) is 18.1 Å². The summed E-state index contributed by atoms with van der Waals surface area (Å²) in [5.74, 6) is 2.06. The first-order valence-corrected chi connectivity index (χ1v) is 4.36. The van der Waals surface area contributed by atoms with Gasteiger partial charge >= 0.3 is 0 Å². The summed E-state index contributed by atoms with van der Waals surface area (Å²) in [6.45, 7) is 1.82. The molecule has 0 radical (unpaired) electrons. The van der Waals surface area contributed by atoms with Crippen molar-refractivity contribution < 1.29 is 4.42 Å². The number of anilines is 1. The first-order chi connectivity index (χ1) is 6.74. The summed E-state index contributed by atoms with van der Waals surface area (Å²) in [5.41, 5.74) is 6.49. The molecule has 14 heavy (non-hydrogen) atoms. The quantitative estimate of drug-likeness (QED) is 0.778. The van der Waals surface area contributed by atoms with Crippen molar-refractivity contribution in [3.63, 3.8) is 0 Å². The zero-order chi connectivity index (χ0) is 9.97. The molecule has 0 unspecified atom stereocenters. The third-order valence-corrected chi connectivity index (χ3v) is 1.85. The molecule has 4 nitrogen and oxygen atoms in total. The van der Waals surface area contributed by atoms with Crippen LogP contribution >= 0.6 is 0 Å². The summed E-state index contributed by atoms with van der Waals surface area (Å²) in [5, 5.41) is 0. The third kappa shape index (κ3) is 1.90. The Labute approximate surface area is 81.8 Å². The van der Waals surface area contributed by atoms with Crippen LogP contribution in [0, 0.1) is 6.92 Å².